The van der Waals surface area contributed by atoms with E-state index in [1.165, 1.54) is 0 Å². The highest BCUT2D eigenvalue weighted by Gasteiger charge is 2.02. The quantitative estimate of drug-likeness (QED) is 0.652. The first-order valence-electron chi connectivity index (χ1n) is 5.86. The first-order valence-corrected chi connectivity index (χ1v) is 6.74. The van der Waals surface area contributed by atoms with Gasteiger partial charge in [0.2, 0.25) is 0 Å². The van der Waals surface area contributed by atoms with Crippen LogP contribution in [0.3, 0.4) is 0 Å². The second kappa shape index (κ2) is 6.15. The molecule has 0 aliphatic carbocycles. The largest absolute Gasteiger partial charge is 0.339 e. The van der Waals surface area contributed by atoms with E-state index in [1.54, 1.807) is 17.6 Å². The summed E-state index contributed by atoms with van der Waals surface area (Å²) in [5.41, 5.74) is 5.39. The number of hydrogen-bond donors (Lipinski definition) is 2. The van der Waals surface area contributed by atoms with Crippen molar-refractivity contribution >= 4 is 29.3 Å². The summed E-state index contributed by atoms with van der Waals surface area (Å²) in [5, 5.41) is 8.66. The normalized spacial score (nSPS) is 10.6. The standard InChI is InChI=1S/C14H15N3OS/c1-10-5-3-4-6-12(10)16-14(18)17-15-9-13-11(2)7-8-19-13/h3-9H,1-2H3,(H2,16,17,18)/b15-9-. The van der Waals surface area contributed by atoms with Crippen LogP contribution in [0.4, 0.5) is 10.5 Å². The van der Waals surface area contributed by atoms with E-state index in [0.717, 1.165) is 21.7 Å². The average Bonchev–Trinajstić information content (AvgIpc) is 2.78. The molecule has 98 valence electrons. The van der Waals surface area contributed by atoms with Gasteiger partial charge in [0.25, 0.3) is 0 Å². The van der Waals surface area contributed by atoms with Gasteiger partial charge in [0.15, 0.2) is 0 Å². The van der Waals surface area contributed by atoms with Gasteiger partial charge in [-0.3, -0.25) is 0 Å². The molecule has 0 fully saturated rings. The number of urea groups is 1. The smallest absolute Gasteiger partial charge is 0.306 e. The minimum atomic E-state index is -0.347. The SMILES string of the molecule is Cc1ccccc1NC(=O)N/N=C\c1sccc1C. The van der Waals surface area contributed by atoms with Crippen molar-refractivity contribution in [1.82, 2.24) is 5.43 Å². The maximum absolute atomic E-state index is 11.6. The zero-order valence-electron chi connectivity index (χ0n) is 10.8. The molecule has 2 amide bonds. The molecule has 4 nitrogen and oxygen atoms in total. The number of para-hydroxylation sites is 1. The average molecular weight is 273 g/mol. The van der Waals surface area contributed by atoms with Gasteiger partial charge in [0.1, 0.15) is 0 Å². The van der Waals surface area contributed by atoms with Crippen LogP contribution < -0.4 is 10.7 Å². The van der Waals surface area contributed by atoms with Gasteiger partial charge in [-0.15, -0.1) is 11.3 Å². The molecule has 19 heavy (non-hydrogen) atoms. The number of nitrogens with one attached hydrogen (secondary N) is 2. The van der Waals surface area contributed by atoms with Crippen LogP contribution in [0.2, 0.25) is 0 Å². The predicted octanol–water partition coefficient (Wildman–Crippen LogP) is 3.52. The summed E-state index contributed by atoms with van der Waals surface area (Å²) in [6.07, 6.45) is 1.65. The van der Waals surface area contributed by atoms with Crippen molar-refractivity contribution in [3.8, 4) is 0 Å². The van der Waals surface area contributed by atoms with Gasteiger partial charge in [0.05, 0.1) is 6.21 Å². The van der Waals surface area contributed by atoms with Gasteiger partial charge in [-0.25, -0.2) is 10.2 Å². The van der Waals surface area contributed by atoms with Crippen molar-refractivity contribution in [2.24, 2.45) is 5.10 Å². The van der Waals surface area contributed by atoms with Gasteiger partial charge < -0.3 is 5.32 Å². The monoisotopic (exact) mass is 273 g/mol. The summed E-state index contributed by atoms with van der Waals surface area (Å²) in [7, 11) is 0. The first kappa shape index (κ1) is 13.3. The molecule has 1 heterocycles. The van der Waals surface area contributed by atoms with Crippen molar-refractivity contribution in [2.45, 2.75) is 13.8 Å². The number of hydrazone groups is 1. The highest BCUT2D eigenvalue weighted by Crippen LogP contribution is 2.13. The van der Waals surface area contributed by atoms with Gasteiger partial charge in [-0.2, -0.15) is 5.10 Å². The number of carbonyl (C=O) groups excluding carboxylic acids is 1. The molecule has 5 heteroatoms. The highest BCUT2D eigenvalue weighted by molar-refractivity contribution is 7.11. The Bertz CT molecular complexity index is 604. The van der Waals surface area contributed by atoms with E-state index < -0.39 is 0 Å². The fourth-order valence-corrected chi connectivity index (χ4v) is 2.32. The Balaban J connectivity index is 1.91. The molecule has 0 spiro atoms. The van der Waals surface area contributed by atoms with Gasteiger partial charge in [0, 0.05) is 10.6 Å². The number of hydrogen-bond acceptors (Lipinski definition) is 3. The minimum absolute atomic E-state index is 0.347. The Morgan fingerprint density at radius 2 is 2.00 bits per heavy atom. The second-order valence-corrected chi connectivity index (χ2v) is 5.05. The third-order valence-corrected chi connectivity index (χ3v) is 3.60. The molecule has 0 radical (unpaired) electrons. The Hall–Kier alpha value is -2.14. The molecule has 0 saturated heterocycles. The first-order chi connectivity index (χ1) is 9.16. The fourth-order valence-electron chi connectivity index (χ4n) is 1.53. The lowest BCUT2D eigenvalue weighted by atomic mass is 10.2. The van der Waals surface area contributed by atoms with Gasteiger partial charge >= 0.3 is 6.03 Å². The zero-order chi connectivity index (χ0) is 13.7. The fraction of sp³-hybridized carbons (Fsp3) is 0.143. The number of amides is 2. The van der Waals surface area contributed by atoms with Crippen LogP contribution in [0.1, 0.15) is 16.0 Å². The number of carbonyl (C=O) groups is 1. The van der Waals surface area contributed by atoms with E-state index in [1.807, 2.05) is 49.6 Å². The maximum Gasteiger partial charge on any atom is 0.339 e. The minimum Gasteiger partial charge on any atom is -0.306 e. The Morgan fingerprint density at radius 1 is 1.21 bits per heavy atom. The Labute approximate surface area is 116 Å². The summed E-state index contributed by atoms with van der Waals surface area (Å²) < 4.78 is 0. The molecule has 1 aromatic heterocycles. The van der Waals surface area contributed by atoms with Crippen molar-refractivity contribution < 1.29 is 4.79 Å². The van der Waals surface area contributed by atoms with E-state index in [4.69, 9.17) is 0 Å². The number of nitrogens with zero attached hydrogens (tertiary/aromatic N) is 1. The molecule has 0 atom stereocenters. The molecule has 2 rings (SSSR count). The molecular formula is C14H15N3OS. The molecule has 2 aromatic rings. The van der Waals surface area contributed by atoms with Gasteiger partial charge in [-0.05, 0) is 42.5 Å². The van der Waals surface area contributed by atoms with Crippen molar-refractivity contribution in [3.63, 3.8) is 0 Å². The molecule has 0 aliphatic heterocycles. The summed E-state index contributed by atoms with van der Waals surface area (Å²) in [6.45, 7) is 3.94. The lowest BCUT2D eigenvalue weighted by Gasteiger charge is -2.06. The van der Waals surface area contributed by atoms with Crippen LogP contribution in [0.25, 0.3) is 0 Å². The lowest BCUT2D eigenvalue weighted by Crippen LogP contribution is -2.24. The third kappa shape index (κ3) is 3.66. The number of anilines is 1. The van der Waals surface area contributed by atoms with Crippen LogP contribution >= 0.6 is 11.3 Å². The van der Waals surface area contributed by atoms with Crippen LogP contribution in [0.5, 0.6) is 0 Å². The number of thiophene rings is 1. The molecule has 0 unspecified atom stereocenters. The van der Waals surface area contributed by atoms with Crippen molar-refractivity contribution in [2.75, 3.05) is 5.32 Å². The Morgan fingerprint density at radius 3 is 2.68 bits per heavy atom. The third-order valence-electron chi connectivity index (χ3n) is 2.64. The summed E-state index contributed by atoms with van der Waals surface area (Å²) >= 11 is 1.59. The zero-order valence-corrected chi connectivity index (χ0v) is 11.6. The number of aryl methyl sites for hydroxylation is 2. The highest BCUT2D eigenvalue weighted by atomic mass is 32.1. The van der Waals surface area contributed by atoms with Crippen LogP contribution in [-0.4, -0.2) is 12.2 Å². The summed E-state index contributed by atoms with van der Waals surface area (Å²) in [5.74, 6) is 0. The molecule has 0 saturated carbocycles. The maximum atomic E-state index is 11.6. The predicted molar refractivity (Wildman–Crippen MR) is 80.0 cm³/mol. The summed E-state index contributed by atoms with van der Waals surface area (Å²) in [6, 6.07) is 9.26. The van der Waals surface area contributed by atoms with Crippen molar-refractivity contribution in [3.05, 3.63) is 51.7 Å². The van der Waals surface area contributed by atoms with Crippen LogP contribution in [0, 0.1) is 13.8 Å². The van der Waals surface area contributed by atoms with E-state index in [2.05, 4.69) is 15.8 Å². The van der Waals surface area contributed by atoms with Gasteiger partial charge in [-0.1, -0.05) is 18.2 Å². The van der Waals surface area contributed by atoms with E-state index in [-0.39, 0.29) is 6.03 Å². The van der Waals surface area contributed by atoms with E-state index in [9.17, 15) is 4.79 Å². The molecular weight excluding hydrogens is 258 g/mol. The lowest BCUT2D eigenvalue weighted by molar-refractivity contribution is 0.252. The summed E-state index contributed by atoms with van der Waals surface area (Å²) in [4.78, 5) is 12.7. The van der Waals surface area contributed by atoms with Crippen molar-refractivity contribution in [1.29, 1.82) is 0 Å². The Kier molecular flexibility index (Phi) is 4.30. The molecule has 0 bridgehead atoms. The molecule has 0 aliphatic rings. The van der Waals surface area contributed by atoms with E-state index in [0.29, 0.717) is 0 Å². The topological polar surface area (TPSA) is 53.5 Å². The number of benzene rings is 1. The number of rotatable bonds is 3. The van der Waals surface area contributed by atoms with Crippen LogP contribution in [0.15, 0.2) is 40.8 Å². The molecule has 1 aromatic carbocycles. The van der Waals surface area contributed by atoms with Crippen LogP contribution in [-0.2, 0) is 0 Å². The molecule has 2 N–H and O–H groups in total. The second-order valence-electron chi connectivity index (χ2n) is 4.11. The van der Waals surface area contributed by atoms with E-state index >= 15 is 0 Å².